The van der Waals surface area contributed by atoms with E-state index < -0.39 is 11.6 Å². The van der Waals surface area contributed by atoms with Crippen molar-refractivity contribution in [3.05, 3.63) is 36.4 Å². The van der Waals surface area contributed by atoms with Crippen LogP contribution in [0.2, 0.25) is 0 Å². The Morgan fingerprint density at radius 1 is 1.08 bits per heavy atom. The first-order chi connectivity index (χ1) is 18.1. The zero-order valence-electron chi connectivity index (χ0n) is 23.7. The second-order valence-corrected chi connectivity index (χ2v) is 13.2. The normalized spacial score (nSPS) is 39.5. The number of rotatable bonds is 3. The van der Waals surface area contributed by atoms with Gasteiger partial charge in [0.1, 0.15) is 6.17 Å². The number of para-hydroxylation sites is 2. The number of anilines is 2. The molecule has 6 rings (SSSR count). The highest BCUT2D eigenvalue weighted by Crippen LogP contribution is 2.67. The van der Waals surface area contributed by atoms with Gasteiger partial charge in [-0.1, -0.05) is 38.5 Å². The Morgan fingerprint density at radius 2 is 1.82 bits per heavy atom. The fraction of sp³-hybridized carbons (Fsp3) is 0.677. The number of benzene rings is 1. The van der Waals surface area contributed by atoms with E-state index in [1.165, 1.54) is 39.2 Å². The number of amides is 3. The molecule has 0 aromatic heterocycles. The van der Waals surface area contributed by atoms with Crippen LogP contribution >= 0.6 is 0 Å². The van der Waals surface area contributed by atoms with Crippen LogP contribution in [0.15, 0.2) is 36.4 Å². The Hall–Kier alpha value is -2.54. The largest absolute Gasteiger partial charge is 0.352 e. The molecular weight excluding hydrogens is 476 g/mol. The highest BCUT2D eigenvalue weighted by atomic mass is 16.5. The fourth-order valence-corrected chi connectivity index (χ4v) is 9.97. The zero-order chi connectivity index (χ0) is 27.0. The molecule has 7 heteroatoms. The molecule has 206 valence electrons. The molecule has 5 aliphatic rings. The molecule has 1 aromatic carbocycles. The lowest BCUT2D eigenvalue weighted by Gasteiger charge is -2.66. The molecular formula is C31H44N4O3. The third kappa shape index (κ3) is 3.29. The standard InChI is InChI=1S/C31H44N4O3/c1-6-34-27(36)15-18-30(3)23-14-17-29(2)16-9-10-22(29)21(23)13-19-31(30,34)20-26-32(4)24-11-7-8-12-25(24)35(26)28(37)33(5)38/h7-8,11-12,15,18,21-23,26,38H,6,9-10,13-14,16-17,19-20H2,1-5H3/t21-,22-,23-,26?,29-,30+,31?/m0/s1. The van der Waals surface area contributed by atoms with Crippen molar-refractivity contribution in [2.45, 2.75) is 83.8 Å². The lowest BCUT2D eigenvalue weighted by Crippen LogP contribution is -2.71. The van der Waals surface area contributed by atoms with E-state index in [1.54, 1.807) is 4.90 Å². The number of carbonyl (C=O) groups is 2. The van der Waals surface area contributed by atoms with E-state index in [9.17, 15) is 14.8 Å². The summed E-state index contributed by atoms with van der Waals surface area (Å²) in [4.78, 5) is 33.0. The maximum atomic E-state index is 13.5. The van der Waals surface area contributed by atoms with E-state index in [4.69, 9.17) is 0 Å². The van der Waals surface area contributed by atoms with Crippen LogP contribution in [0, 0.1) is 28.6 Å². The second-order valence-electron chi connectivity index (χ2n) is 13.2. The molecule has 1 aromatic rings. The van der Waals surface area contributed by atoms with Crippen LogP contribution in [0.3, 0.4) is 0 Å². The average Bonchev–Trinajstić information content (AvgIpc) is 3.42. The van der Waals surface area contributed by atoms with Crippen molar-refractivity contribution in [3.8, 4) is 0 Å². The Labute approximate surface area is 227 Å². The minimum absolute atomic E-state index is 0.0836. The monoisotopic (exact) mass is 520 g/mol. The number of fused-ring (bicyclic) bond motifs is 6. The number of likely N-dealkylation sites (N-methyl/N-ethyl adjacent to an activating group) is 1. The van der Waals surface area contributed by atoms with Gasteiger partial charge in [0.05, 0.1) is 16.9 Å². The van der Waals surface area contributed by atoms with Gasteiger partial charge in [-0.05, 0) is 86.8 Å². The van der Waals surface area contributed by atoms with E-state index in [2.05, 4.69) is 36.6 Å². The summed E-state index contributed by atoms with van der Waals surface area (Å²) in [7, 11) is 3.43. The summed E-state index contributed by atoms with van der Waals surface area (Å²) in [5, 5.41) is 10.9. The molecule has 0 bridgehead atoms. The quantitative estimate of drug-likeness (QED) is 0.399. The lowest BCUT2D eigenvalue weighted by atomic mass is 9.44. The molecule has 0 saturated heterocycles. The third-order valence-corrected chi connectivity index (χ3v) is 11.8. The number of hydroxylamine groups is 2. The van der Waals surface area contributed by atoms with Gasteiger partial charge in [0.25, 0.3) is 0 Å². The van der Waals surface area contributed by atoms with Gasteiger partial charge in [0, 0.05) is 32.5 Å². The van der Waals surface area contributed by atoms with Crippen molar-refractivity contribution in [2.75, 3.05) is 30.4 Å². The van der Waals surface area contributed by atoms with E-state index >= 15 is 0 Å². The summed E-state index contributed by atoms with van der Waals surface area (Å²) in [6.45, 7) is 7.69. The number of urea groups is 1. The minimum Gasteiger partial charge on any atom is -0.352 e. The smallest absolute Gasteiger partial charge is 0.349 e. The average molecular weight is 521 g/mol. The van der Waals surface area contributed by atoms with E-state index in [0.29, 0.717) is 35.3 Å². The Morgan fingerprint density at radius 3 is 2.53 bits per heavy atom. The van der Waals surface area contributed by atoms with Crippen LogP contribution in [0.1, 0.15) is 72.1 Å². The molecule has 3 amide bonds. The molecule has 7 nitrogen and oxygen atoms in total. The third-order valence-electron chi connectivity index (χ3n) is 11.8. The highest BCUT2D eigenvalue weighted by molar-refractivity contribution is 5.99. The van der Waals surface area contributed by atoms with Crippen molar-refractivity contribution in [2.24, 2.45) is 28.6 Å². The van der Waals surface area contributed by atoms with Gasteiger partial charge < -0.3 is 9.80 Å². The van der Waals surface area contributed by atoms with E-state index in [0.717, 1.165) is 30.1 Å². The fourth-order valence-electron chi connectivity index (χ4n) is 9.97. The molecule has 2 unspecified atom stereocenters. The van der Waals surface area contributed by atoms with Gasteiger partial charge in [0.15, 0.2) is 0 Å². The molecule has 2 aliphatic heterocycles. The first kappa shape index (κ1) is 25.7. The lowest BCUT2D eigenvalue weighted by molar-refractivity contribution is -0.163. The summed E-state index contributed by atoms with van der Waals surface area (Å²) in [5.74, 6) is 2.06. The summed E-state index contributed by atoms with van der Waals surface area (Å²) in [6.07, 6.45) is 13.0. The summed E-state index contributed by atoms with van der Waals surface area (Å²) in [6, 6.07) is 7.46. The van der Waals surface area contributed by atoms with Crippen molar-refractivity contribution < 1.29 is 14.8 Å². The molecule has 0 radical (unpaired) electrons. The maximum absolute atomic E-state index is 13.5. The number of hydrogen-bond donors (Lipinski definition) is 1. The van der Waals surface area contributed by atoms with Gasteiger partial charge in [0.2, 0.25) is 5.91 Å². The molecule has 38 heavy (non-hydrogen) atoms. The van der Waals surface area contributed by atoms with Crippen molar-refractivity contribution in [1.29, 1.82) is 0 Å². The first-order valence-corrected chi connectivity index (χ1v) is 14.7. The molecule has 0 spiro atoms. The minimum atomic E-state index is -0.446. The highest BCUT2D eigenvalue weighted by Gasteiger charge is 2.65. The predicted molar refractivity (Wildman–Crippen MR) is 149 cm³/mol. The van der Waals surface area contributed by atoms with Crippen LogP contribution in [0.25, 0.3) is 0 Å². The summed E-state index contributed by atoms with van der Waals surface area (Å²) < 4.78 is 0. The Balaban J connectivity index is 1.45. The van der Waals surface area contributed by atoms with Crippen LogP contribution in [0.4, 0.5) is 16.2 Å². The summed E-state index contributed by atoms with van der Waals surface area (Å²) >= 11 is 0. The van der Waals surface area contributed by atoms with Gasteiger partial charge in [-0.2, -0.15) is 0 Å². The molecule has 2 heterocycles. The van der Waals surface area contributed by atoms with Gasteiger partial charge >= 0.3 is 6.03 Å². The first-order valence-electron chi connectivity index (χ1n) is 14.7. The number of hydrogen-bond acceptors (Lipinski definition) is 4. The van der Waals surface area contributed by atoms with Crippen LogP contribution < -0.4 is 9.80 Å². The topological polar surface area (TPSA) is 67.3 Å². The van der Waals surface area contributed by atoms with Crippen molar-refractivity contribution in [3.63, 3.8) is 0 Å². The van der Waals surface area contributed by atoms with Crippen LogP contribution in [0.5, 0.6) is 0 Å². The Kier molecular flexibility index (Phi) is 5.91. The van der Waals surface area contributed by atoms with Crippen molar-refractivity contribution >= 4 is 23.3 Å². The van der Waals surface area contributed by atoms with Gasteiger partial charge in [-0.3, -0.25) is 14.9 Å². The van der Waals surface area contributed by atoms with Crippen molar-refractivity contribution in [1.82, 2.24) is 9.96 Å². The zero-order valence-corrected chi connectivity index (χ0v) is 23.7. The molecule has 3 fully saturated rings. The van der Waals surface area contributed by atoms with Gasteiger partial charge in [-0.25, -0.2) is 9.86 Å². The van der Waals surface area contributed by atoms with E-state index in [1.807, 2.05) is 37.4 Å². The SMILES string of the molecule is CCN1C(=O)C=C[C@]2(C)[C@H]3CC[C@]4(C)CCC[C@H]4[C@@H]3CCC12CC1N(C)c2ccccc2N1C(=O)N(C)O. The van der Waals surface area contributed by atoms with Crippen LogP contribution in [-0.4, -0.2) is 59.5 Å². The second kappa shape index (κ2) is 8.73. The van der Waals surface area contributed by atoms with E-state index in [-0.39, 0.29) is 17.5 Å². The maximum Gasteiger partial charge on any atom is 0.349 e. The molecule has 7 atom stereocenters. The number of carbonyl (C=O) groups excluding carboxylic acids is 2. The molecule has 3 saturated carbocycles. The number of nitrogens with zero attached hydrogens (tertiary/aromatic N) is 4. The molecule has 3 aliphatic carbocycles. The van der Waals surface area contributed by atoms with Crippen LogP contribution in [-0.2, 0) is 4.79 Å². The van der Waals surface area contributed by atoms with Gasteiger partial charge in [-0.15, -0.1) is 0 Å². The summed E-state index contributed by atoms with van der Waals surface area (Å²) in [5.41, 5.74) is 1.66. The predicted octanol–water partition coefficient (Wildman–Crippen LogP) is 5.89. The molecule has 1 N–H and O–H groups in total. The Bertz CT molecular complexity index is 1170.